The van der Waals surface area contributed by atoms with Crippen molar-refractivity contribution in [1.29, 1.82) is 0 Å². The molecule has 1 N–H and O–H groups in total. The number of nitrogens with zero attached hydrogens (tertiary/aromatic N) is 2. The molecule has 1 atom stereocenters. The van der Waals surface area contributed by atoms with E-state index in [2.05, 4.69) is 10.3 Å². The predicted octanol–water partition coefficient (Wildman–Crippen LogP) is 4.00. The van der Waals surface area contributed by atoms with Crippen molar-refractivity contribution < 1.29 is 9.53 Å². The Morgan fingerprint density at radius 3 is 2.61 bits per heavy atom. The maximum Gasteiger partial charge on any atom is 0.252 e. The van der Waals surface area contributed by atoms with Gasteiger partial charge in [-0.25, -0.2) is 0 Å². The Kier molecular flexibility index (Phi) is 5.80. The van der Waals surface area contributed by atoms with Crippen molar-refractivity contribution in [2.75, 3.05) is 0 Å². The number of carbonyl (C=O) groups excluding carboxylic acids is 1. The summed E-state index contributed by atoms with van der Waals surface area (Å²) in [7, 11) is 1.70. The van der Waals surface area contributed by atoms with Gasteiger partial charge >= 0.3 is 0 Å². The molecule has 1 unspecified atom stereocenters. The lowest BCUT2D eigenvalue weighted by atomic mass is 10.1. The van der Waals surface area contributed by atoms with Gasteiger partial charge < -0.3 is 14.6 Å². The third kappa shape index (κ3) is 4.48. The lowest BCUT2D eigenvalue weighted by Crippen LogP contribution is -2.29. The SMILES string of the molecule is CC(NC(=O)c1cc(=O)n(C)c2ccccc12)c1ccc(OCc2cccnc2)cc1. The number of aryl methyl sites for hydroxylation is 1. The third-order valence-electron chi connectivity index (χ3n) is 5.25. The van der Waals surface area contributed by atoms with Gasteiger partial charge in [0.2, 0.25) is 0 Å². The number of aromatic nitrogens is 2. The average molecular weight is 413 g/mol. The van der Waals surface area contributed by atoms with Gasteiger partial charge in [-0.3, -0.25) is 14.6 Å². The number of ether oxygens (including phenoxy) is 1. The number of pyridine rings is 2. The Labute approximate surface area is 180 Å². The molecule has 4 rings (SSSR count). The van der Waals surface area contributed by atoms with Gasteiger partial charge in [-0.05, 0) is 36.8 Å². The van der Waals surface area contributed by atoms with Crippen LogP contribution in [-0.2, 0) is 13.7 Å². The zero-order chi connectivity index (χ0) is 21.8. The summed E-state index contributed by atoms with van der Waals surface area (Å²) in [6.45, 7) is 2.35. The van der Waals surface area contributed by atoms with Crippen LogP contribution in [0.4, 0.5) is 0 Å². The van der Waals surface area contributed by atoms with Crippen LogP contribution in [0.5, 0.6) is 5.75 Å². The molecule has 0 saturated carbocycles. The van der Waals surface area contributed by atoms with E-state index in [0.717, 1.165) is 27.8 Å². The molecule has 6 heteroatoms. The Morgan fingerprint density at radius 2 is 1.87 bits per heavy atom. The molecule has 0 spiro atoms. The van der Waals surface area contributed by atoms with Crippen LogP contribution in [0.3, 0.4) is 0 Å². The molecule has 0 saturated heterocycles. The lowest BCUT2D eigenvalue weighted by Gasteiger charge is -2.16. The summed E-state index contributed by atoms with van der Waals surface area (Å²) >= 11 is 0. The van der Waals surface area contributed by atoms with Crippen LogP contribution >= 0.6 is 0 Å². The van der Waals surface area contributed by atoms with Gasteiger partial charge in [-0.15, -0.1) is 0 Å². The van der Waals surface area contributed by atoms with Crippen LogP contribution in [0.2, 0.25) is 0 Å². The number of hydrogen-bond acceptors (Lipinski definition) is 4. The van der Waals surface area contributed by atoms with Crippen molar-refractivity contribution in [2.45, 2.75) is 19.6 Å². The first-order valence-electron chi connectivity index (χ1n) is 10.0. The van der Waals surface area contributed by atoms with Crippen LogP contribution in [0.25, 0.3) is 10.9 Å². The zero-order valence-electron chi connectivity index (χ0n) is 17.4. The van der Waals surface area contributed by atoms with E-state index in [-0.39, 0.29) is 17.5 Å². The van der Waals surface area contributed by atoms with Gasteiger partial charge in [0.15, 0.2) is 0 Å². The van der Waals surface area contributed by atoms with Gasteiger partial charge in [0, 0.05) is 36.5 Å². The molecule has 0 aliphatic rings. The first-order chi connectivity index (χ1) is 15.0. The molecule has 156 valence electrons. The van der Waals surface area contributed by atoms with Gasteiger partial charge in [0.1, 0.15) is 12.4 Å². The minimum Gasteiger partial charge on any atom is -0.489 e. The van der Waals surface area contributed by atoms with E-state index in [4.69, 9.17) is 4.74 Å². The first kappa shape index (κ1) is 20.3. The molecule has 2 heterocycles. The molecule has 2 aromatic carbocycles. The fraction of sp³-hybridized carbons (Fsp3) is 0.160. The normalized spacial score (nSPS) is 11.8. The summed E-state index contributed by atoms with van der Waals surface area (Å²) in [5.74, 6) is 0.460. The summed E-state index contributed by atoms with van der Waals surface area (Å²) in [4.78, 5) is 29.3. The topological polar surface area (TPSA) is 73.2 Å². The largest absolute Gasteiger partial charge is 0.489 e. The summed E-state index contributed by atoms with van der Waals surface area (Å²) < 4.78 is 7.33. The zero-order valence-corrected chi connectivity index (χ0v) is 17.4. The molecular formula is C25H23N3O3. The van der Waals surface area contributed by atoms with Crippen LogP contribution < -0.4 is 15.6 Å². The molecule has 0 bridgehead atoms. The third-order valence-corrected chi connectivity index (χ3v) is 5.25. The molecule has 2 aromatic heterocycles. The van der Waals surface area contributed by atoms with E-state index < -0.39 is 0 Å². The Hall–Kier alpha value is -3.93. The van der Waals surface area contributed by atoms with Gasteiger partial charge in [-0.1, -0.05) is 36.4 Å². The minimum absolute atomic E-state index is 0.216. The van der Waals surface area contributed by atoms with E-state index in [1.807, 2.05) is 67.6 Å². The van der Waals surface area contributed by atoms with E-state index in [0.29, 0.717) is 12.2 Å². The second-order valence-electron chi connectivity index (χ2n) is 7.39. The summed E-state index contributed by atoms with van der Waals surface area (Å²) in [5.41, 5.74) is 2.82. The number of amides is 1. The summed E-state index contributed by atoms with van der Waals surface area (Å²) in [6.07, 6.45) is 3.50. The first-order valence-corrected chi connectivity index (χ1v) is 10.0. The van der Waals surface area contributed by atoms with E-state index >= 15 is 0 Å². The van der Waals surface area contributed by atoms with E-state index in [1.165, 1.54) is 6.07 Å². The fourth-order valence-electron chi connectivity index (χ4n) is 3.46. The van der Waals surface area contributed by atoms with E-state index in [1.54, 1.807) is 24.0 Å². The maximum atomic E-state index is 12.9. The second-order valence-corrected chi connectivity index (χ2v) is 7.39. The molecular weight excluding hydrogens is 390 g/mol. The molecule has 6 nitrogen and oxygen atoms in total. The van der Waals surface area contributed by atoms with Crippen molar-refractivity contribution in [3.63, 3.8) is 0 Å². The van der Waals surface area contributed by atoms with Crippen LogP contribution in [-0.4, -0.2) is 15.5 Å². The molecule has 0 aliphatic carbocycles. The molecule has 1 amide bonds. The maximum absolute atomic E-state index is 12.9. The predicted molar refractivity (Wildman–Crippen MR) is 120 cm³/mol. The van der Waals surface area contributed by atoms with Gasteiger partial charge in [0.05, 0.1) is 17.1 Å². The van der Waals surface area contributed by atoms with Crippen molar-refractivity contribution in [3.8, 4) is 5.75 Å². The summed E-state index contributed by atoms with van der Waals surface area (Å²) in [6, 6.07) is 20.0. The second kappa shape index (κ2) is 8.83. The highest BCUT2D eigenvalue weighted by Crippen LogP contribution is 2.21. The van der Waals surface area contributed by atoms with Crippen LogP contribution in [0.1, 0.15) is 34.5 Å². The Morgan fingerprint density at radius 1 is 1.10 bits per heavy atom. The quantitative estimate of drug-likeness (QED) is 0.519. The molecule has 0 aliphatic heterocycles. The van der Waals surface area contributed by atoms with Crippen molar-refractivity contribution in [2.24, 2.45) is 7.05 Å². The van der Waals surface area contributed by atoms with Crippen molar-refractivity contribution in [3.05, 3.63) is 106 Å². The Balaban J connectivity index is 1.46. The highest BCUT2D eigenvalue weighted by Gasteiger charge is 2.16. The number of benzene rings is 2. The van der Waals surface area contributed by atoms with E-state index in [9.17, 15) is 9.59 Å². The minimum atomic E-state index is -0.279. The van der Waals surface area contributed by atoms with Gasteiger partial charge in [0.25, 0.3) is 11.5 Å². The number of nitrogens with one attached hydrogen (secondary N) is 1. The number of hydrogen-bond donors (Lipinski definition) is 1. The standard InChI is InChI=1S/C25H23N3O3/c1-17(19-9-11-20(12-10-19)31-16-18-6-5-13-26-15-18)27-25(30)22-14-24(29)28(2)23-8-4-3-7-21(22)23/h3-15,17H,16H2,1-2H3,(H,27,30). The fourth-order valence-corrected chi connectivity index (χ4v) is 3.46. The monoisotopic (exact) mass is 413 g/mol. The Bertz CT molecular complexity index is 1260. The number of fused-ring (bicyclic) bond motifs is 1. The molecule has 0 fully saturated rings. The summed E-state index contributed by atoms with van der Waals surface area (Å²) in [5, 5.41) is 3.74. The molecule has 4 aromatic rings. The van der Waals surface area contributed by atoms with Crippen molar-refractivity contribution in [1.82, 2.24) is 14.9 Å². The highest BCUT2D eigenvalue weighted by molar-refractivity contribution is 6.06. The van der Waals surface area contributed by atoms with Crippen LogP contribution in [0.15, 0.2) is 83.9 Å². The average Bonchev–Trinajstić information content (AvgIpc) is 2.81. The number of rotatable bonds is 6. The van der Waals surface area contributed by atoms with Crippen molar-refractivity contribution >= 4 is 16.8 Å². The van der Waals surface area contributed by atoms with Gasteiger partial charge in [-0.2, -0.15) is 0 Å². The molecule has 0 radical (unpaired) electrons. The smallest absolute Gasteiger partial charge is 0.252 e. The highest BCUT2D eigenvalue weighted by atomic mass is 16.5. The van der Waals surface area contributed by atoms with Crippen LogP contribution in [0, 0.1) is 0 Å². The number of para-hydroxylation sites is 1. The number of carbonyl (C=O) groups is 1. The molecule has 31 heavy (non-hydrogen) atoms. The lowest BCUT2D eigenvalue weighted by molar-refractivity contribution is 0.0941.